The fourth-order valence-electron chi connectivity index (χ4n) is 2.01. The van der Waals surface area contributed by atoms with Crippen LogP contribution in [0.15, 0.2) is 65.2 Å². The van der Waals surface area contributed by atoms with Gasteiger partial charge in [-0.1, -0.05) is 65.8 Å². The summed E-state index contributed by atoms with van der Waals surface area (Å²) in [6.45, 7) is 0. The van der Waals surface area contributed by atoms with Crippen LogP contribution in [0.25, 0.3) is 0 Å². The molecule has 100 valence electrons. The molecule has 0 aliphatic heterocycles. The maximum absolute atomic E-state index is 10.2. The van der Waals surface area contributed by atoms with Gasteiger partial charge in [0, 0.05) is 6.42 Å². The summed E-state index contributed by atoms with van der Waals surface area (Å²) in [5.41, 5.74) is 1.84. The number of aliphatic hydroxyl groups excluding tert-OH is 1. The highest BCUT2D eigenvalue weighted by molar-refractivity contribution is 5.22. The lowest BCUT2D eigenvalue weighted by Crippen LogP contribution is -2.00. The Morgan fingerprint density at radius 1 is 0.950 bits per heavy atom. The van der Waals surface area contributed by atoms with Crippen molar-refractivity contribution in [2.45, 2.75) is 12.5 Å². The van der Waals surface area contributed by atoms with Gasteiger partial charge in [0.15, 0.2) is 11.9 Å². The number of nitrogens with zero attached hydrogens (tertiary/aromatic N) is 2. The van der Waals surface area contributed by atoms with Crippen LogP contribution in [-0.4, -0.2) is 15.2 Å². The van der Waals surface area contributed by atoms with E-state index in [0.29, 0.717) is 12.2 Å². The third-order valence-corrected chi connectivity index (χ3v) is 3.04. The van der Waals surface area contributed by atoms with E-state index in [1.54, 1.807) is 0 Å². The monoisotopic (exact) mass is 266 g/mol. The van der Waals surface area contributed by atoms with Crippen molar-refractivity contribution in [2.24, 2.45) is 0 Å². The standard InChI is InChI=1S/C16H14N2O2/c19-15(13-9-5-2-6-10-13)16-17-14(18-20-16)11-12-7-3-1-4-8-12/h1-10,15,19H,11H2. The second kappa shape index (κ2) is 5.67. The van der Waals surface area contributed by atoms with Crippen LogP contribution in [0.1, 0.15) is 28.9 Å². The van der Waals surface area contributed by atoms with Crippen LogP contribution in [0.2, 0.25) is 0 Å². The van der Waals surface area contributed by atoms with Crippen LogP contribution in [-0.2, 0) is 6.42 Å². The molecule has 0 bridgehead atoms. The molecule has 0 saturated heterocycles. The Bertz CT molecular complexity index is 665. The van der Waals surface area contributed by atoms with Crippen LogP contribution in [0.4, 0.5) is 0 Å². The van der Waals surface area contributed by atoms with Crippen molar-refractivity contribution >= 4 is 0 Å². The van der Waals surface area contributed by atoms with E-state index in [1.807, 2.05) is 60.7 Å². The summed E-state index contributed by atoms with van der Waals surface area (Å²) in [6, 6.07) is 19.2. The van der Waals surface area contributed by atoms with Gasteiger partial charge in [0.05, 0.1) is 0 Å². The van der Waals surface area contributed by atoms with E-state index in [4.69, 9.17) is 4.52 Å². The van der Waals surface area contributed by atoms with Gasteiger partial charge in [-0.3, -0.25) is 0 Å². The molecule has 2 aromatic carbocycles. The first-order valence-corrected chi connectivity index (χ1v) is 6.42. The summed E-state index contributed by atoms with van der Waals surface area (Å²) < 4.78 is 5.14. The Kier molecular flexibility index (Phi) is 3.56. The second-order valence-electron chi connectivity index (χ2n) is 4.52. The molecular formula is C16H14N2O2. The first-order valence-electron chi connectivity index (χ1n) is 6.42. The predicted octanol–water partition coefficient (Wildman–Crippen LogP) is 2.74. The van der Waals surface area contributed by atoms with Crippen LogP contribution >= 0.6 is 0 Å². The average Bonchev–Trinajstić information content (AvgIpc) is 2.97. The van der Waals surface area contributed by atoms with Crippen molar-refractivity contribution in [1.29, 1.82) is 0 Å². The summed E-state index contributed by atoms with van der Waals surface area (Å²) in [4.78, 5) is 4.25. The van der Waals surface area contributed by atoms with Crippen molar-refractivity contribution in [3.8, 4) is 0 Å². The number of aliphatic hydroxyl groups is 1. The minimum Gasteiger partial charge on any atom is -0.378 e. The van der Waals surface area contributed by atoms with Gasteiger partial charge in [0.25, 0.3) is 5.89 Å². The van der Waals surface area contributed by atoms with Crippen molar-refractivity contribution < 1.29 is 9.63 Å². The third kappa shape index (κ3) is 2.75. The zero-order chi connectivity index (χ0) is 13.8. The average molecular weight is 266 g/mol. The Morgan fingerprint density at radius 3 is 2.30 bits per heavy atom. The fourth-order valence-corrected chi connectivity index (χ4v) is 2.01. The summed E-state index contributed by atoms with van der Waals surface area (Å²) in [5.74, 6) is 0.795. The number of hydrogen-bond donors (Lipinski definition) is 1. The SMILES string of the molecule is OC(c1ccccc1)c1nc(Cc2ccccc2)no1. The highest BCUT2D eigenvalue weighted by Crippen LogP contribution is 2.20. The Morgan fingerprint density at radius 2 is 1.60 bits per heavy atom. The van der Waals surface area contributed by atoms with Gasteiger partial charge in [-0.25, -0.2) is 0 Å². The molecule has 3 rings (SSSR count). The zero-order valence-corrected chi connectivity index (χ0v) is 10.8. The maximum atomic E-state index is 10.2. The van der Waals surface area contributed by atoms with Gasteiger partial charge in [-0.05, 0) is 11.1 Å². The minimum absolute atomic E-state index is 0.224. The lowest BCUT2D eigenvalue weighted by Gasteiger charge is -2.04. The molecule has 4 heteroatoms. The maximum Gasteiger partial charge on any atom is 0.260 e. The number of hydrogen-bond acceptors (Lipinski definition) is 4. The van der Waals surface area contributed by atoms with Crippen LogP contribution in [0, 0.1) is 0 Å². The highest BCUT2D eigenvalue weighted by Gasteiger charge is 2.17. The molecule has 1 unspecified atom stereocenters. The number of aromatic nitrogens is 2. The lowest BCUT2D eigenvalue weighted by atomic mass is 10.1. The predicted molar refractivity (Wildman–Crippen MR) is 74.0 cm³/mol. The second-order valence-corrected chi connectivity index (χ2v) is 4.52. The van der Waals surface area contributed by atoms with Crippen molar-refractivity contribution in [3.63, 3.8) is 0 Å². The summed E-state index contributed by atoms with van der Waals surface area (Å²) in [6.07, 6.45) is -0.292. The Balaban J connectivity index is 1.77. The van der Waals surface area contributed by atoms with Crippen molar-refractivity contribution in [2.75, 3.05) is 0 Å². The largest absolute Gasteiger partial charge is 0.378 e. The van der Waals surface area contributed by atoms with E-state index >= 15 is 0 Å². The summed E-state index contributed by atoms with van der Waals surface area (Å²) >= 11 is 0. The summed E-state index contributed by atoms with van der Waals surface area (Å²) in [5, 5.41) is 14.1. The van der Waals surface area contributed by atoms with Gasteiger partial charge in [-0.2, -0.15) is 4.98 Å². The van der Waals surface area contributed by atoms with E-state index < -0.39 is 6.10 Å². The van der Waals surface area contributed by atoms with Crippen LogP contribution in [0.5, 0.6) is 0 Å². The zero-order valence-electron chi connectivity index (χ0n) is 10.8. The molecule has 0 aliphatic rings. The molecule has 0 spiro atoms. The van der Waals surface area contributed by atoms with Crippen molar-refractivity contribution in [1.82, 2.24) is 10.1 Å². The molecule has 0 radical (unpaired) electrons. The highest BCUT2D eigenvalue weighted by atomic mass is 16.5. The summed E-state index contributed by atoms with van der Waals surface area (Å²) in [7, 11) is 0. The molecule has 20 heavy (non-hydrogen) atoms. The van der Waals surface area contributed by atoms with Crippen LogP contribution < -0.4 is 0 Å². The van der Waals surface area contributed by atoms with E-state index in [9.17, 15) is 5.11 Å². The van der Waals surface area contributed by atoms with Gasteiger partial charge >= 0.3 is 0 Å². The van der Waals surface area contributed by atoms with Crippen molar-refractivity contribution in [3.05, 3.63) is 83.5 Å². The molecule has 3 aromatic rings. The van der Waals surface area contributed by atoms with Gasteiger partial charge in [0.1, 0.15) is 0 Å². The number of benzene rings is 2. The first kappa shape index (κ1) is 12.6. The van der Waals surface area contributed by atoms with Gasteiger partial charge in [-0.15, -0.1) is 0 Å². The molecular weight excluding hydrogens is 252 g/mol. The molecule has 1 N–H and O–H groups in total. The van der Waals surface area contributed by atoms with Gasteiger partial charge < -0.3 is 9.63 Å². The fraction of sp³-hybridized carbons (Fsp3) is 0.125. The first-order chi connectivity index (χ1) is 9.83. The van der Waals surface area contributed by atoms with E-state index in [2.05, 4.69) is 10.1 Å². The topological polar surface area (TPSA) is 59.2 Å². The lowest BCUT2D eigenvalue weighted by molar-refractivity contribution is 0.170. The molecule has 0 amide bonds. The van der Waals surface area contributed by atoms with Gasteiger partial charge in [0.2, 0.25) is 0 Å². The van der Waals surface area contributed by atoms with E-state index in [0.717, 1.165) is 11.1 Å². The molecule has 1 heterocycles. The molecule has 1 atom stereocenters. The smallest absolute Gasteiger partial charge is 0.260 e. The molecule has 4 nitrogen and oxygen atoms in total. The quantitative estimate of drug-likeness (QED) is 0.788. The third-order valence-electron chi connectivity index (χ3n) is 3.04. The Hall–Kier alpha value is -2.46. The normalized spacial score (nSPS) is 12.2. The molecule has 0 aliphatic carbocycles. The van der Waals surface area contributed by atoms with E-state index in [1.165, 1.54) is 0 Å². The molecule has 1 aromatic heterocycles. The minimum atomic E-state index is -0.881. The molecule has 0 saturated carbocycles. The van der Waals surface area contributed by atoms with E-state index in [-0.39, 0.29) is 5.89 Å². The van der Waals surface area contributed by atoms with Crippen LogP contribution in [0.3, 0.4) is 0 Å². The Labute approximate surface area is 116 Å². The number of rotatable bonds is 4. The molecule has 0 fully saturated rings.